The van der Waals surface area contributed by atoms with Gasteiger partial charge in [-0.15, -0.1) is 0 Å². The molecule has 2 aromatic carbocycles. The Labute approximate surface area is 202 Å². The number of ether oxygens (including phenoxy) is 1. The molecule has 186 valence electrons. The van der Waals surface area contributed by atoms with Crippen molar-refractivity contribution >= 4 is 27.5 Å². The molecule has 0 aliphatic heterocycles. The van der Waals surface area contributed by atoms with Gasteiger partial charge in [-0.05, 0) is 49.6 Å². The smallest absolute Gasteiger partial charge is 0.242 e. The molecule has 1 N–H and O–H groups in total. The van der Waals surface area contributed by atoms with E-state index in [4.69, 9.17) is 4.74 Å². The van der Waals surface area contributed by atoms with E-state index < -0.39 is 16.1 Å². The van der Waals surface area contributed by atoms with E-state index in [1.807, 2.05) is 37.3 Å². The number of anilines is 1. The first-order valence-corrected chi connectivity index (χ1v) is 13.2. The number of carbonyl (C=O) groups is 2. The lowest BCUT2D eigenvalue weighted by Crippen LogP contribution is -2.47. The molecule has 2 amide bonds. The average Bonchev–Trinajstić information content (AvgIpc) is 2.83. The second kappa shape index (κ2) is 13.0. The predicted octanol–water partition coefficient (Wildman–Crippen LogP) is 3.18. The number of rotatable bonds is 13. The van der Waals surface area contributed by atoms with Crippen molar-refractivity contribution < 1.29 is 22.7 Å². The Morgan fingerprint density at radius 1 is 1.06 bits per heavy atom. The van der Waals surface area contributed by atoms with Gasteiger partial charge in [0.15, 0.2) is 0 Å². The van der Waals surface area contributed by atoms with Gasteiger partial charge in [-0.25, -0.2) is 8.42 Å². The summed E-state index contributed by atoms with van der Waals surface area (Å²) in [6, 6.07) is 15.6. The fourth-order valence-corrected chi connectivity index (χ4v) is 4.48. The van der Waals surface area contributed by atoms with Crippen molar-refractivity contribution in [3.63, 3.8) is 0 Å². The molecule has 9 heteroatoms. The number of carbonyl (C=O) groups excluding carboxylic acids is 2. The largest absolute Gasteiger partial charge is 0.497 e. The molecule has 2 rings (SSSR count). The number of amides is 2. The molecule has 2 aromatic rings. The molecule has 0 fully saturated rings. The number of benzene rings is 2. The Morgan fingerprint density at radius 3 is 2.26 bits per heavy atom. The van der Waals surface area contributed by atoms with Crippen LogP contribution < -0.4 is 14.4 Å². The average molecular weight is 490 g/mol. The number of sulfonamides is 1. The summed E-state index contributed by atoms with van der Waals surface area (Å²) in [5, 5.41) is 2.85. The zero-order valence-corrected chi connectivity index (χ0v) is 21.2. The van der Waals surface area contributed by atoms with Crippen molar-refractivity contribution in [2.75, 3.05) is 30.8 Å². The zero-order valence-electron chi connectivity index (χ0n) is 20.4. The Morgan fingerprint density at radius 2 is 1.71 bits per heavy atom. The fourth-order valence-electron chi connectivity index (χ4n) is 3.51. The van der Waals surface area contributed by atoms with Crippen molar-refractivity contribution in [3.05, 3.63) is 60.2 Å². The molecular formula is C25H35N3O5S. The first-order valence-electron chi connectivity index (χ1n) is 11.4. The lowest BCUT2D eigenvalue weighted by atomic mass is 10.1. The van der Waals surface area contributed by atoms with E-state index in [0.29, 0.717) is 30.9 Å². The summed E-state index contributed by atoms with van der Waals surface area (Å²) in [7, 11) is -2.00. The Balaban J connectivity index is 2.11. The highest BCUT2D eigenvalue weighted by Gasteiger charge is 2.26. The molecule has 0 heterocycles. The van der Waals surface area contributed by atoms with E-state index in [0.717, 1.165) is 18.2 Å². The Kier molecular flexibility index (Phi) is 10.4. The zero-order chi connectivity index (χ0) is 25.1. The van der Waals surface area contributed by atoms with Gasteiger partial charge in [0.25, 0.3) is 0 Å². The SMILES string of the molecule is CCCNC(=O)[C@H](C)N(Cc1ccccc1)C(=O)CCCN(c1ccc(OC)cc1)S(C)(=O)=O. The molecule has 0 aromatic heterocycles. The van der Waals surface area contributed by atoms with E-state index in [9.17, 15) is 18.0 Å². The van der Waals surface area contributed by atoms with Gasteiger partial charge in [-0.1, -0.05) is 37.3 Å². The van der Waals surface area contributed by atoms with Crippen LogP contribution >= 0.6 is 0 Å². The van der Waals surface area contributed by atoms with Gasteiger partial charge in [-0.2, -0.15) is 0 Å². The minimum atomic E-state index is -3.54. The van der Waals surface area contributed by atoms with Gasteiger partial charge < -0.3 is 15.0 Å². The fraction of sp³-hybridized carbons (Fsp3) is 0.440. The van der Waals surface area contributed by atoms with Crippen LogP contribution in [0.2, 0.25) is 0 Å². The van der Waals surface area contributed by atoms with Crippen LogP contribution in [0.5, 0.6) is 5.75 Å². The number of nitrogens with one attached hydrogen (secondary N) is 1. The van der Waals surface area contributed by atoms with Gasteiger partial charge in [0.1, 0.15) is 11.8 Å². The molecule has 1 atom stereocenters. The summed E-state index contributed by atoms with van der Waals surface area (Å²) in [5.74, 6) is 0.215. The van der Waals surface area contributed by atoms with Crippen LogP contribution in [0.25, 0.3) is 0 Å². The van der Waals surface area contributed by atoms with Crippen molar-refractivity contribution in [2.45, 2.75) is 45.7 Å². The molecule has 0 saturated heterocycles. The lowest BCUT2D eigenvalue weighted by Gasteiger charge is -2.29. The van der Waals surface area contributed by atoms with E-state index in [-0.39, 0.29) is 24.8 Å². The summed E-state index contributed by atoms with van der Waals surface area (Å²) in [6.45, 7) is 4.67. The second-order valence-electron chi connectivity index (χ2n) is 8.11. The quantitative estimate of drug-likeness (QED) is 0.466. The highest BCUT2D eigenvalue weighted by Crippen LogP contribution is 2.22. The maximum atomic E-state index is 13.2. The Hall–Kier alpha value is -3.07. The molecule has 34 heavy (non-hydrogen) atoms. The van der Waals surface area contributed by atoms with Gasteiger partial charge in [-0.3, -0.25) is 13.9 Å². The van der Waals surface area contributed by atoms with Crippen molar-refractivity contribution in [1.82, 2.24) is 10.2 Å². The van der Waals surface area contributed by atoms with Crippen molar-refractivity contribution in [1.29, 1.82) is 0 Å². The first-order chi connectivity index (χ1) is 16.2. The molecule has 0 bridgehead atoms. The highest BCUT2D eigenvalue weighted by molar-refractivity contribution is 7.92. The van der Waals surface area contributed by atoms with Crippen LogP contribution in [-0.4, -0.2) is 57.6 Å². The maximum Gasteiger partial charge on any atom is 0.242 e. The van der Waals surface area contributed by atoms with Crippen LogP contribution in [0.4, 0.5) is 5.69 Å². The minimum absolute atomic E-state index is 0.112. The van der Waals surface area contributed by atoms with Gasteiger partial charge in [0.2, 0.25) is 21.8 Å². The third-order valence-corrected chi connectivity index (χ3v) is 6.62. The lowest BCUT2D eigenvalue weighted by molar-refractivity contribution is -0.140. The summed E-state index contributed by atoms with van der Waals surface area (Å²) in [4.78, 5) is 27.3. The van der Waals surface area contributed by atoms with E-state index in [1.165, 1.54) is 4.31 Å². The van der Waals surface area contributed by atoms with Crippen LogP contribution in [0.1, 0.15) is 38.7 Å². The molecule has 0 unspecified atom stereocenters. The third-order valence-electron chi connectivity index (χ3n) is 5.42. The second-order valence-corrected chi connectivity index (χ2v) is 10.0. The van der Waals surface area contributed by atoms with Crippen LogP contribution in [-0.2, 0) is 26.2 Å². The van der Waals surface area contributed by atoms with Crippen molar-refractivity contribution in [2.24, 2.45) is 0 Å². The van der Waals surface area contributed by atoms with Crippen LogP contribution in [0.3, 0.4) is 0 Å². The summed E-state index contributed by atoms with van der Waals surface area (Å²) < 4.78 is 31.2. The summed E-state index contributed by atoms with van der Waals surface area (Å²) >= 11 is 0. The summed E-state index contributed by atoms with van der Waals surface area (Å²) in [6.07, 6.45) is 2.37. The van der Waals surface area contributed by atoms with Crippen molar-refractivity contribution in [3.8, 4) is 5.75 Å². The molecule has 0 spiro atoms. The molecular weight excluding hydrogens is 454 g/mol. The number of hydrogen-bond acceptors (Lipinski definition) is 5. The molecule has 0 aliphatic carbocycles. The number of methoxy groups -OCH3 is 1. The number of nitrogens with zero attached hydrogens (tertiary/aromatic N) is 2. The monoisotopic (exact) mass is 489 g/mol. The topological polar surface area (TPSA) is 96.0 Å². The molecule has 0 radical (unpaired) electrons. The summed E-state index contributed by atoms with van der Waals surface area (Å²) in [5.41, 5.74) is 1.42. The van der Waals surface area contributed by atoms with Gasteiger partial charge in [0.05, 0.1) is 19.1 Å². The predicted molar refractivity (Wildman–Crippen MR) is 134 cm³/mol. The highest BCUT2D eigenvalue weighted by atomic mass is 32.2. The van der Waals surface area contributed by atoms with E-state index >= 15 is 0 Å². The Bertz CT molecular complexity index is 1030. The number of hydrogen-bond donors (Lipinski definition) is 1. The van der Waals surface area contributed by atoms with Gasteiger partial charge in [0, 0.05) is 26.1 Å². The van der Waals surface area contributed by atoms with E-state index in [2.05, 4.69) is 5.32 Å². The maximum absolute atomic E-state index is 13.2. The molecule has 0 saturated carbocycles. The minimum Gasteiger partial charge on any atom is -0.497 e. The first kappa shape index (κ1) is 27.2. The normalized spacial score (nSPS) is 12.0. The van der Waals surface area contributed by atoms with Gasteiger partial charge >= 0.3 is 0 Å². The van der Waals surface area contributed by atoms with Crippen LogP contribution in [0, 0.1) is 0 Å². The molecule has 8 nitrogen and oxygen atoms in total. The van der Waals surface area contributed by atoms with E-state index in [1.54, 1.807) is 43.2 Å². The standard InChI is InChI=1S/C25H35N3O5S/c1-5-17-26-25(30)20(2)27(19-21-10-7-6-8-11-21)24(29)12-9-18-28(34(4,31)32)22-13-15-23(33-3)16-14-22/h6-8,10-11,13-16,20H,5,9,12,17-19H2,1-4H3,(H,26,30)/t20-/m0/s1. The molecule has 0 aliphatic rings. The third kappa shape index (κ3) is 8.06. The van der Waals surface area contributed by atoms with Crippen LogP contribution in [0.15, 0.2) is 54.6 Å².